The quantitative estimate of drug-likeness (QED) is 0.201. The lowest BCUT2D eigenvalue weighted by molar-refractivity contribution is 0.459. The molecule has 0 N–H and O–H groups in total. The van der Waals surface area contributed by atoms with Crippen LogP contribution in [-0.2, 0) is 0 Å². The minimum Gasteiger partial charge on any atom is -0.529 e. The Hall–Kier alpha value is -5.42. The molecule has 0 fully saturated rings. The maximum Gasteiger partial charge on any atom is 0.576 e. The van der Waals surface area contributed by atoms with E-state index in [0.717, 1.165) is 77.6 Å². The molecule has 8 rings (SSSR count). The molecule has 41 heavy (non-hydrogen) atoms. The number of hydrogen-bond acceptors (Lipinski definition) is 4. The summed E-state index contributed by atoms with van der Waals surface area (Å²) in [6, 6.07) is 44.8. The Bertz CT molecular complexity index is 2020. The number of rotatable bonds is 6. The van der Waals surface area contributed by atoms with Crippen LogP contribution in [-0.4, -0.2) is 7.69 Å². The van der Waals surface area contributed by atoms with Gasteiger partial charge in [0.1, 0.15) is 33.8 Å². The van der Waals surface area contributed by atoms with E-state index in [9.17, 15) is 0 Å². The molecule has 8 aromatic rings. The molecule has 0 aliphatic rings. The molecule has 0 aliphatic heterocycles. The van der Waals surface area contributed by atoms with Gasteiger partial charge in [-0.1, -0.05) is 97.1 Å². The van der Waals surface area contributed by atoms with E-state index in [1.807, 2.05) is 84.9 Å². The predicted octanol–water partition coefficient (Wildman–Crippen LogP) is 9.54. The molecule has 0 bridgehead atoms. The highest BCUT2D eigenvalue weighted by atomic mass is 16.6. The smallest absolute Gasteiger partial charge is 0.529 e. The highest BCUT2D eigenvalue weighted by Crippen LogP contribution is 2.37. The molecule has 4 nitrogen and oxygen atoms in total. The predicted molar refractivity (Wildman–Crippen MR) is 167 cm³/mol. The van der Waals surface area contributed by atoms with Crippen LogP contribution < -0.4 is 9.31 Å². The fraction of sp³-hybridized carbons (Fsp3) is 0. The van der Waals surface area contributed by atoms with Gasteiger partial charge in [-0.3, -0.25) is 0 Å². The van der Waals surface area contributed by atoms with Crippen LogP contribution >= 0.6 is 0 Å². The second-order valence-corrected chi connectivity index (χ2v) is 10.0. The average Bonchev–Trinajstić information content (AvgIpc) is 3.60. The number of hydrogen-bond donors (Lipinski definition) is 0. The molecule has 0 amide bonds. The summed E-state index contributed by atoms with van der Waals surface area (Å²) in [5, 5.41) is 4.49. The summed E-state index contributed by atoms with van der Waals surface area (Å²) in [6.45, 7) is 0. The van der Waals surface area contributed by atoms with Crippen LogP contribution in [0.5, 0.6) is 11.5 Å². The van der Waals surface area contributed by atoms with Crippen LogP contribution in [0.2, 0.25) is 0 Å². The van der Waals surface area contributed by atoms with Crippen molar-refractivity contribution in [3.63, 3.8) is 0 Å². The first kappa shape index (κ1) is 23.5. The second kappa shape index (κ2) is 9.65. The van der Waals surface area contributed by atoms with Crippen molar-refractivity contribution >= 4 is 51.6 Å². The van der Waals surface area contributed by atoms with Crippen LogP contribution in [0.4, 0.5) is 0 Å². The molecule has 2 heterocycles. The first-order valence-electron chi connectivity index (χ1n) is 13.6. The fourth-order valence-electron chi connectivity index (χ4n) is 5.58. The molecule has 2 aromatic heterocycles. The normalized spacial score (nSPS) is 11.4. The SMILES string of the molecule is B(Oc1ccc(-c2cccc3c2oc2ccccc23)cc1)Oc1ccc(-c2cccc3c2oc2ccccc23)cc1. The summed E-state index contributed by atoms with van der Waals surface area (Å²) >= 11 is 0. The Morgan fingerprint density at radius 2 is 0.805 bits per heavy atom. The largest absolute Gasteiger partial charge is 0.576 e. The molecule has 5 heteroatoms. The Morgan fingerprint density at radius 3 is 1.27 bits per heavy atom. The maximum absolute atomic E-state index is 6.20. The van der Waals surface area contributed by atoms with Gasteiger partial charge in [0.2, 0.25) is 0 Å². The van der Waals surface area contributed by atoms with Crippen LogP contribution in [0.15, 0.2) is 142 Å². The van der Waals surface area contributed by atoms with E-state index >= 15 is 0 Å². The molecule has 0 radical (unpaired) electrons. The van der Waals surface area contributed by atoms with Gasteiger partial charge >= 0.3 is 7.69 Å². The van der Waals surface area contributed by atoms with Crippen molar-refractivity contribution in [3.05, 3.63) is 133 Å². The van der Waals surface area contributed by atoms with E-state index in [0.29, 0.717) is 0 Å². The third-order valence-electron chi connectivity index (χ3n) is 7.59. The maximum atomic E-state index is 6.20. The van der Waals surface area contributed by atoms with Crippen molar-refractivity contribution in [2.75, 3.05) is 0 Å². The highest BCUT2D eigenvalue weighted by Gasteiger charge is 2.13. The highest BCUT2D eigenvalue weighted by molar-refractivity contribution is 6.20. The third-order valence-corrected chi connectivity index (χ3v) is 7.59. The van der Waals surface area contributed by atoms with Crippen LogP contribution in [0.25, 0.3) is 66.1 Å². The van der Waals surface area contributed by atoms with Gasteiger partial charge < -0.3 is 18.1 Å². The van der Waals surface area contributed by atoms with Gasteiger partial charge in [-0.25, -0.2) is 0 Å². The summed E-state index contributed by atoms with van der Waals surface area (Å²) in [5.41, 5.74) is 7.82. The van der Waals surface area contributed by atoms with E-state index in [-0.39, 0.29) is 7.69 Å². The van der Waals surface area contributed by atoms with Gasteiger partial charge in [-0.2, -0.15) is 0 Å². The lowest BCUT2D eigenvalue weighted by Gasteiger charge is -2.09. The molecule has 0 spiro atoms. The zero-order chi connectivity index (χ0) is 27.2. The van der Waals surface area contributed by atoms with E-state index < -0.39 is 0 Å². The third kappa shape index (κ3) is 4.10. The van der Waals surface area contributed by atoms with Crippen LogP contribution in [0.3, 0.4) is 0 Å². The first-order valence-corrected chi connectivity index (χ1v) is 13.6. The number of fused-ring (bicyclic) bond motifs is 6. The Morgan fingerprint density at radius 1 is 0.390 bits per heavy atom. The summed E-state index contributed by atoms with van der Waals surface area (Å²) in [6.07, 6.45) is 0. The molecule has 0 aliphatic carbocycles. The summed E-state index contributed by atoms with van der Waals surface area (Å²) in [4.78, 5) is 0. The van der Waals surface area contributed by atoms with Crippen molar-refractivity contribution in [1.29, 1.82) is 0 Å². The minimum atomic E-state index is 0.108. The second-order valence-electron chi connectivity index (χ2n) is 10.0. The molecule has 194 valence electrons. The van der Waals surface area contributed by atoms with Gasteiger partial charge in [0.15, 0.2) is 0 Å². The zero-order valence-corrected chi connectivity index (χ0v) is 22.0. The topological polar surface area (TPSA) is 44.7 Å². The minimum absolute atomic E-state index is 0.108. The van der Waals surface area contributed by atoms with Crippen molar-refractivity contribution < 1.29 is 18.1 Å². The number of benzene rings is 6. The van der Waals surface area contributed by atoms with Gasteiger partial charge in [0.05, 0.1) is 0 Å². The van der Waals surface area contributed by atoms with Crippen LogP contribution in [0, 0.1) is 0 Å². The van der Waals surface area contributed by atoms with Crippen molar-refractivity contribution in [2.45, 2.75) is 0 Å². The summed E-state index contributed by atoms with van der Waals surface area (Å²) in [5.74, 6) is 1.47. The Kier molecular flexibility index (Phi) is 5.52. The van der Waals surface area contributed by atoms with E-state index in [4.69, 9.17) is 18.1 Å². The van der Waals surface area contributed by atoms with Gasteiger partial charge in [0.25, 0.3) is 0 Å². The standard InChI is InChI=1S/C36H23BO4/c1-3-13-33-29(7-1)31-11-5-9-27(35(31)38-33)23-15-19-25(20-16-23)40-37-41-26-21-17-24(18-22-26)28-10-6-12-32-30-8-2-4-14-34(30)39-36(28)32/h1-22,37H. The lowest BCUT2D eigenvalue weighted by Crippen LogP contribution is -2.10. The lowest BCUT2D eigenvalue weighted by atomic mass is 10.0. The van der Waals surface area contributed by atoms with Crippen molar-refractivity contribution in [3.8, 4) is 33.8 Å². The Balaban J connectivity index is 0.962. The molecular weight excluding hydrogens is 507 g/mol. The van der Waals surface area contributed by atoms with E-state index in [2.05, 4.69) is 48.5 Å². The monoisotopic (exact) mass is 530 g/mol. The van der Waals surface area contributed by atoms with Gasteiger partial charge in [0, 0.05) is 32.7 Å². The molecular formula is C36H23BO4. The van der Waals surface area contributed by atoms with Gasteiger partial charge in [-0.05, 0) is 47.5 Å². The van der Waals surface area contributed by atoms with Crippen molar-refractivity contribution in [2.24, 2.45) is 0 Å². The fourth-order valence-corrected chi connectivity index (χ4v) is 5.58. The number of para-hydroxylation sites is 4. The number of furan rings is 2. The van der Waals surface area contributed by atoms with E-state index in [1.165, 1.54) is 0 Å². The zero-order valence-electron chi connectivity index (χ0n) is 22.0. The Labute approximate surface area is 236 Å². The molecule has 0 saturated carbocycles. The summed E-state index contributed by atoms with van der Waals surface area (Å²) in [7, 11) is 0.108. The van der Waals surface area contributed by atoms with Crippen LogP contribution in [0.1, 0.15) is 0 Å². The molecule has 0 saturated heterocycles. The molecule has 0 atom stereocenters. The van der Waals surface area contributed by atoms with Gasteiger partial charge in [-0.15, -0.1) is 0 Å². The van der Waals surface area contributed by atoms with Crippen molar-refractivity contribution in [1.82, 2.24) is 0 Å². The average molecular weight is 530 g/mol. The summed E-state index contributed by atoms with van der Waals surface area (Å²) < 4.78 is 24.2. The molecule has 0 unspecified atom stereocenters. The van der Waals surface area contributed by atoms with E-state index in [1.54, 1.807) is 0 Å². The first-order chi connectivity index (χ1) is 20.3. The molecule has 6 aromatic carbocycles.